The molecule has 0 rings (SSSR count). The number of nitrogens with one attached hydrogen (secondary N) is 1. The Hall–Kier alpha value is -1.30. The second kappa shape index (κ2) is 9.89. The SMILES string of the molecule is CCN(CCOC)C(=O)NCCCCC(=O)O. The predicted molar refractivity (Wildman–Crippen MR) is 64.0 cm³/mol. The van der Waals surface area contributed by atoms with E-state index in [2.05, 4.69) is 5.32 Å². The van der Waals surface area contributed by atoms with Crippen molar-refractivity contribution in [3.63, 3.8) is 0 Å². The summed E-state index contributed by atoms with van der Waals surface area (Å²) in [6.45, 7) is 4.12. The summed E-state index contributed by atoms with van der Waals surface area (Å²) in [6, 6.07) is -0.125. The Bertz CT molecular complexity index is 234. The van der Waals surface area contributed by atoms with Gasteiger partial charge in [-0.2, -0.15) is 0 Å². The molecule has 100 valence electrons. The van der Waals surface area contributed by atoms with Crippen molar-refractivity contribution in [1.29, 1.82) is 0 Å². The average molecular weight is 246 g/mol. The monoisotopic (exact) mass is 246 g/mol. The number of aliphatic carboxylic acids is 1. The van der Waals surface area contributed by atoms with Crippen LogP contribution in [-0.2, 0) is 9.53 Å². The van der Waals surface area contributed by atoms with Crippen LogP contribution in [0.5, 0.6) is 0 Å². The van der Waals surface area contributed by atoms with E-state index in [1.54, 1.807) is 12.0 Å². The lowest BCUT2D eigenvalue weighted by Crippen LogP contribution is -2.41. The van der Waals surface area contributed by atoms with Crippen molar-refractivity contribution >= 4 is 12.0 Å². The normalized spacial score (nSPS) is 10.0. The Morgan fingerprint density at radius 3 is 2.59 bits per heavy atom. The first-order chi connectivity index (χ1) is 8.11. The number of ether oxygens (including phenoxy) is 1. The largest absolute Gasteiger partial charge is 0.481 e. The third kappa shape index (κ3) is 8.50. The smallest absolute Gasteiger partial charge is 0.317 e. The van der Waals surface area contributed by atoms with Gasteiger partial charge in [0.1, 0.15) is 0 Å². The Morgan fingerprint density at radius 2 is 2.06 bits per heavy atom. The second-order valence-electron chi connectivity index (χ2n) is 3.66. The fourth-order valence-electron chi connectivity index (χ4n) is 1.31. The summed E-state index contributed by atoms with van der Waals surface area (Å²) in [5.74, 6) is -0.799. The number of likely N-dealkylation sites (N-methyl/N-ethyl adjacent to an activating group) is 1. The molecule has 0 fully saturated rings. The zero-order chi connectivity index (χ0) is 13.1. The number of rotatable bonds is 9. The fraction of sp³-hybridized carbons (Fsp3) is 0.818. The van der Waals surface area contributed by atoms with E-state index in [-0.39, 0.29) is 12.5 Å². The highest BCUT2D eigenvalue weighted by Gasteiger charge is 2.09. The van der Waals surface area contributed by atoms with E-state index in [1.165, 1.54) is 0 Å². The van der Waals surface area contributed by atoms with Crippen molar-refractivity contribution in [1.82, 2.24) is 10.2 Å². The number of carbonyl (C=O) groups excluding carboxylic acids is 1. The Balaban J connectivity index is 3.64. The molecule has 0 saturated carbocycles. The second-order valence-corrected chi connectivity index (χ2v) is 3.66. The molecular weight excluding hydrogens is 224 g/mol. The molecule has 0 aliphatic rings. The van der Waals surface area contributed by atoms with Gasteiger partial charge in [0.25, 0.3) is 0 Å². The molecule has 0 aromatic rings. The number of unbranched alkanes of at least 4 members (excludes halogenated alkanes) is 1. The van der Waals surface area contributed by atoms with Gasteiger partial charge >= 0.3 is 12.0 Å². The van der Waals surface area contributed by atoms with Gasteiger partial charge in [0.2, 0.25) is 0 Å². The van der Waals surface area contributed by atoms with Gasteiger partial charge in [-0.3, -0.25) is 4.79 Å². The van der Waals surface area contributed by atoms with Gasteiger partial charge in [-0.1, -0.05) is 0 Å². The summed E-state index contributed by atoms with van der Waals surface area (Å²) in [6.07, 6.45) is 1.41. The molecule has 0 radical (unpaired) electrons. The number of amides is 2. The van der Waals surface area contributed by atoms with Gasteiger partial charge in [0, 0.05) is 33.2 Å². The third-order valence-corrected chi connectivity index (χ3v) is 2.33. The van der Waals surface area contributed by atoms with E-state index in [9.17, 15) is 9.59 Å². The molecule has 0 heterocycles. The van der Waals surface area contributed by atoms with E-state index >= 15 is 0 Å². The molecule has 0 atom stereocenters. The Morgan fingerprint density at radius 1 is 1.35 bits per heavy atom. The summed E-state index contributed by atoms with van der Waals surface area (Å²) in [7, 11) is 1.59. The highest BCUT2D eigenvalue weighted by atomic mass is 16.5. The lowest BCUT2D eigenvalue weighted by Gasteiger charge is -2.20. The van der Waals surface area contributed by atoms with Crippen molar-refractivity contribution in [2.24, 2.45) is 0 Å². The van der Waals surface area contributed by atoms with Crippen LogP contribution in [0.3, 0.4) is 0 Å². The molecular formula is C11H22N2O4. The maximum atomic E-state index is 11.6. The quantitative estimate of drug-likeness (QED) is 0.593. The number of carboxylic acid groups (broad SMARTS) is 1. The van der Waals surface area contributed by atoms with Crippen LogP contribution in [-0.4, -0.2) is 55.4 Å². The molecule has 0 aromatic heterocycles. The third-order valence-electron chi connectivity index (χ3n) is 2.33. The molecule has 2 N–H and O–H groups in total. The first-order valence-electron chi connectivity index (χ1n) is 5.85. The van der Waals surface area contributed by atoms with Crippen LogP contribution in [0, 0.1) is 0 Å². The van der Waals surface area contributed by atoms with Gasteiger partial charge in [0.05, 0.1) is 6.61 Å². The van der Waals surface area contributed by atoms with Gasteiger partial charge < -0.3 is 20.1 Å². The molecule has 0 aliphatic heterocycles. The lowest BCUT2D eigenvalue weighted by atomic mass is 10.2. The summed E-state index contributed by atoms with van der Waals surface area (Å²) in [5, 5.41) is 11.2. The number of urea groups is 1. The van der Waals surface area contributed by atoms with Crippen molar-refractivity contribution in [3.05, 3.63) is 0 Å². The number of hydrogen-bond donors (Lipinski definition) is 2. The Labute approximate surface area is 102 Å². The van der Waals surface area contributed by atoms with Crippen LogP contribution in [0.2, 0.25) is 0 Å². The molecule has 0 unspecified atom stereocenters. The van der Waals surface area contributed by atoms with Crippen molar-refractivity contribution < 1.29 is 19.4 Å². The lowest BCUT2D eigenvalue weighted by molar-refractivity contribution is -0.137. The standard InChI is InChI=1S/C11H22N2O4/c1-3-13(8-9-17-2)11(16)12-7-5-4-6-10(14)15/h3-9H2,1-2H3,(H,12,16)(H,14,15). The first kappa shape index (κ1) is 15.7. The molecule has 0 bridgehead atoms. The maximum Gasteiger partial charge on any atom is 0.317 e. The summed E-state index contributed by atoms with van der Waals surface area (Å²) in [5.41, 5.74) is 0. The first-order valence-corrected chi connectivity index (χ1v) is 5.85. The number of hydrogen-bond acceptors (Lipinski definition) is 3. The molecule has 0 saturated heterocycles. The van der Waals surface area contributed by atoms with Crippen LogP contribution in [0.1, 0.15) is 26.2 Å². The average Bonchev–Trinajstić information content (AvgIpc) is 2.29. The van der Waals surface area contributed by atoms with Crippen LogP contribution < -0.4 is 5.32 Å². The van der Waals surface area contributed by atoms with Crippen LogP contribution >= 0.6 is 0 Å². The van der Waals surface area contributed by atoms with Gasteiger partial charge in [-0.15, -0.1) is 0 Å². The zero-order valence-electron chi connectivity index (χ0n) is 10.6. The number of carbonyl (C=O) groups is 2. The van der Waals surface area contributed by atoms with E-state index < -0.39 is 5.97 Å². The van der Waals surface area contributed by atoms with Crippen molar-refractivity contribution in [2.45, 2.75) is 26.2 Å². The van der Waals surface area contributed by atoms with E-state index in [1.807, 2.05) is 6.92 Å². The molecule has 17 heavy (non-hydrogen) atoms. The molecule has 6 heteroatoms. The zero-order valence-corrected chi connectivity index (χ0v) is 10.6. The number of carboxylic acids is 1. The van der Waals surface area contributed by atoms with Crippen molar-refractivity contribution in [2.75, 3.05) is 33.4 Å². The van der Waals surface area contributed by atoms with E-state index in [0.29, 0.717) is 39.1 Å². The Kier molecular flexibility index (Phi) is 9.14. The highest BCUT2D eigenvalue weighted by Crippen LogP contribution is 1.95. The number of methoxy groups -OCH3 is 1. The topological polar surface area (TPSA) is 78.9 Å². The van der Waals surface area contributed by atoms with Crippen LogP contribution in [0.25, 0.3) is 0 Å². The number of nitrogens with zero attached hydrogens (tertiary/aromatic N) is 1. The van der Waals surface area contributed by atoms with Crippen LogP contribution in [0.4, 0.5) is 4.79 Å². The molecule has 0 aliphatic carbocycles. The highest BCUT2D eigenvalue weighted by molar-refractivity contribution is 5.74. The van der Waals surface area contributed by atoms with E-state index in [4.69, 9.17) is 9.84 Å². The van der Waals surface area contributed by atoms with Crippen molar-refractivity contribution in [3.8, 4) is 0 Å². The maximum absolute atomic E-state index is 11.6. The van der Waals surface area contributed by atoms with Gasteiger partial charge in [-0.05, 0) is 19.8 Å². The minimum absolute atomic E-state index is 0.125. The summed E-state index contributed by atoms with van der Waals surface area (Å²) < 4.78 is 4.91. The minimum Gasteiger partial charge on any atom is -0.481 e. The van der Waals surface area contributed by atoms with Gasteiger partial charge in [0.15, 0.2) is 0 Å². The van der Waals surface area contributed by atoms with Gasteiger partial charge in [-0.25, -0.2) is 4.79 Å². The van der Waals surface area contributed by atoms with Crippen LogP contribution in [0.15, 0.2) is 0 Å². The summed E-state index contributed by atoms with van der Waals surface area (Å²) >= 11 is 0. The summed E-state index contributed by atoms with van der Waals surface area (Å²) in [4.78, 5) is 23.5. The fourth-order valence-corrected chi connectivity index (χ4v) is 1.31. The molecule has 2 amide bonds. The molecule has 6 nitrogen and oxygen atoms in total. The molecule has 0 spiro atoms. The molecule has 0 aromatic carbocycles. The minimum atomic E-state index is -0.799. The van der Waals surface area contributed by atoms with E-state index in [0.717, 1.165) is 0 Å². The predicted octanol–water partition coefficient (Wildman–Crippen LogP) is 0.919.